The van der Waals surface area contributed by atoms with E-state index in [1.807, 2.05) is 13.8 Å². The fraction of sp³-hybridized carbons (Fsp3) is 0.444. The predicted molar refractivity (Wildman–Crippen MR) is 143 cm³/mol. The second-order valence-corrected chi connectivity index (χ2v) is 11.1. The quantitative estimate of drug-likeness (QED) is 0.222. The van der Waals surface area contributed by atoms with Gasteiger partial charge < -0.3 is 24.3 Å². The van der Waals surface area contributed by atoms with Crippen LogP contribution in [0.25, 0.3) is 22.4 Å². The lowest BCUT2D eigenvalue weighted by Crippen LogP contribution is -2.49. The molecule has 1 aliphatic heterocycles. The lowest BCUT2D eigenvalue weighted by Gasteiger charge is -2.32. The number of ether oxygens (including phenoxy) is 2. The van der Waals surface area contributed by atoms with E-state index in [4.69, 9.17) is 14.0 Å². The van der Waals surface area contributed by atoms with Crippen LogP contribution in [-0.4, -0.2) is 59.7 Å². The zero-order valence-corrected chi connectivity index (χ0v) is 23.3. The number of H-pyrrole nitrogens is 1. The zero-order valence-electron chi connectivity index (χ0n) is 22.5. The number of benzene rings is 1. The maximum Gasteiger partial charge on any atom is 0.407 e. The van der Waals surface area contributed by atoms with E-state index in [2.05, 4.69) is 25.8 Å². The Morgan fingerprint density at radius 3 is 2.83 bits per heavy atom. The van der Waals surface area contributed by atoms with Gasteiger partial charge in [-0.15, -0.1) is 11.3 Å². The third-order valence-electron chi connectivity index (χ3n) is 7.08. The molecule has 1 unspecified atom stereocenters. The molecule has 9 nitrogen and oxygen atoms in total. The van der Waals surface area contributed by atoms with Gasteiger partial charge in [0.25, 0.3) is 5.91 Å². The van der Waals surface area contributed by atoms with Crippen LogP contribution in [0.4, 0.5) is 17.6 Å². The Bertz CT molecular complexity index is 1510. The molecule has 0 bridgehead atoms. The average molecular weight is 596 g/mol. The van der Waals surface area contributed by atoms with Crippen LogP contribution >= 0.6 is 11.3 Å². The largest absolute Gasteiger partial charge is 0.407 e. The van der Waals surface area contributed by atoms with Crippen molar-refractivity contribution < 1.29 is 36.4 Å². The molecule has 14 heteroatoms. The second-order valence-electron chi connectivity index (χ2n) is 10.2. The Balaban J connectivity index is 1.32. The minimum absolute atomic E-state index is 0.0499. The highest BCUT2D eigenvalue weighted by molar-refractivity contribution is 7.10. The van der Waals surface area contributed by atoms with Crippen molar-refractivity contribution in [2.45, 2.75) is 56.8 Å². The number of carbonyl (C=O) groups excluding carboxylic acids is 1. The molecule has 1 fully saturated rings. The summed E-state index contributed by atoms with van der Waals surface area (Å²) >= 11 is 1.41. The fourth-order valence-corrected chi connectivity index (χ4v) is 5.57. The SMILES string of the molecule is COC(C)(C)c1cc(C(=O)NCc2nc(-c3cc4c(C(N[C@H]5CCOC[C@H]5F)C(F)(F)F)cccc4[nH]3)no2)cs1. The summed E-state index contributed by atoms with van der Waals surface area (Å²) in [6.07, 6.45) is -6.10. The first-order valence-corrected chi connectivity index (χ1v) is 13.8. The van der Waals surface area contributed by atoms with Crippen LogP contribution in [0.2, 0.25) is 0 Å². The highest BCUT2D eigenvalue weighted by atomic mass is 32.1. The summed E-state index contributed by atoms with van der Waals surface area (Å²) in [6, 6.07) is 4.65. The van der Waals surface area contributed by atoms with Crippen LogP contribution in [0.3, 0.4) is 0 Å². The van der Waals surface area contributed by atoms with Gasteiger partial charge >= 0.3 is 6.18 Å². The normalized spacial score (nSPS) is 19.0. The van der Waals surface area contributed by atoms with Crippen LogP contribution in [0, 0.1) is 0 Å². The lowest BCUT2D eigenvalue weighted by molar-refractivity contribution is -0.162. The molecule has 220 valence electrons. The van der Waals surface area contributed by atoms with E-state index in [0.29, 0.717) is 16.8 Å². The van der Waals surface area contributed by atoms with Crippen molar-refractivity contribution in [1.29, 1.82) is 0 Å². The first kappa shape index (κ1) is 29.2. The molecule has 3 N–H and O–H groups in total. The summed E-state index contributed by atoms with van der Waals surface area (Å²) < 4.78 is 72.6. The van der Waals surface area contributed by atoms with Crippen molar-refractivity contribution in [3.63, 3.8) is 0 Å². The number of hydrogen-bond donors (Lipinski definition) is 3. The standard InChI is InChI=1S/C27H29F4N5O4S/c1-26(2,38-3)21-9-14(13-41-21)25(37)32-11-22-35-24(36-40-22)20-10-16-15(5-4-6-18(16)33-20)23(27(29,30)31)34-19-7-8-39-12-17(19)28/h4-6,9-10,13,17,19,23,33-34H,7-8,11-12H2,1-3H3,(H,32,37)/t17-,19+,23?/m1/s1. The molecule has 5 rings (SSSR count). The third-order valence-corrected chi connectivity index (χ3v) is 8.31. The van der Waals surface area contributed by atoms with E-state index in [9.17, 15) is 22.4 Å². The molecule has 0 spiro atoms. The topological polar surface area (TPSA) is 114 Å². The summed E-state index contributed by atoms with van der Waals surface area (Å²) in [5.74, 6) is -0.107. The Morgan fingerprint density at radius 1 is 1.29 bits per heavy atom. The van der Waals surface area contributed by atoms with Crippen molar-refractivity contribution >= 4 is 28.1 Å². The number of methoxy groups -OCH3 is 1. The minimum atomic E-state index is -4.68. The minimum Gasteiger partial charge on any atom is -0.378 e. The van der Waals surface area contributed by atoms with Crippen molar-refractivity contribution in [3.8, 4) is 11.5 Å². The van der Waals surface area contributed by atoms with Gasteiger partial charge in [0.05, 0.1) is 30.0 Å². The average Bonchev–Trinajstić information content (AvgIpc) is 3.70. The summed E-state index contributed by atoms with van der Waals surface area (Å²) in [7, 11) is 1.60. The maximum atomic E-state index is 14.3. The van der Waals surface area contributed by atoms with Gasteiger partial charge in [-0.05, 0) is 44.0 Å². The van der Waals surface area contributed by atoms with Crippen LogP contribution in [0.1, 0.15) is 53.0 Å². The number of rotatable bonds is 9. The molecule has 0 aliphatic carbocycles. The van der Waals surface area contributed by atoms with E-state index < -0.39 is 30.0 Å². The molecular weight excluding hydrogens is 566 g/mol. The number of halogens is 4. The Labute approximate surface area is 236 Å². The summed E-state index contributed by atoms with van der Waals surface area (Å²) in [6.45, 7) is 3.69. The predicted octanol–water partition coefficient (Wildman–Crippen LogP) is 5.41. The molecule has 1 aromatic carbocycles. The van der Waals surface area contributed by atoms with E-state index in [1.165, 1.54) is 29.5 Å². The number of aromatic nitrogens is 3. The number of fused-ring (bicyclic) bond motifs is 1. The van der Waals surface area contributed by atoms with E-state index in [-0.39, 0.29) is 54.8 Å². The fourth-order valence-electron chi connectivity index (χ4n) is 4.58. The molecule has 41 heavy (non-hydrogen) atoms. The van der Waals surface area contributed by atoms with Gasteiger partial charge in [-0.3, -0.25) is 10.1 Å². The molecule has 3 aromatic heterocycles. The summed E-state index contributed by atoms with van der Waals surface area (Å²) in [5.41, 5.74) is 0.628. The van der Waals surface area contributed by atoms with Crippen LogP contribution < -0.4 is 10.6 Å². The van der Waals surface area contributed by atoms with Crippen molar-refractivity contribution in [3.05, 3.63) is 57.6 Å². The number of aromatic amines is 1. The zero-order chi connectivity index (χ0) is 29.4. The van der Waals surface area contributed by atoms with Crippen molar-refractivity contribution in [1.82, 2.24) is 25.8 Å². The molecule has 0 radical (unpaired) electrons. The van der Waals surface area contributed by atoms with E-state index >= 15 is 0 Å². The van der Waals surface area contributed by atoms with Crippen LogP contribution in [0.15, 0.2) is 40.2 Å². The number of carbonyl (C=O) groups is 1. The van der Waals surface area contributed by atoms with E-state index in [1.54, 1.807) is 24.6 Å². The van der Waals surface area contributed by atoms with Crippen LogP contribution in [0.5, 0.6) is 0 Å². The first-order chi connectivity index (χ1) is 19.5. The van der Waals surface area contributed by atoms with Gasteiger partial charge in [0.15, 0.2) is 0 Å². The Hall–Kier alpha value is -3.33. The smallest absolute Gasteiger partial charge is 0.378 e. The number of thiophene rings is 1. The molecular formula is C27H29F4N5O4S. The highest BCUT2D eigenvalue weighted by Gasteiger charge is 2.44. The number of hydrogen-bond acceptors (Lipinski definition) is 8. The third kappa shape index (κ3) is 6.30. The van der Waals surface area contributed by atoms with Crippen LogP contribution in [-0.2, 0) is 21.6 Å². The molecule has 1 amide bonds. The maximum absolute atomic E-state index is 14.3. The van der Waals surface area contributed by atoms with E-state index in [0.717, 1.165) is 4.88 Å². The molecule has 0 saturated carbocycles. The summed E-state index contributed by atoms with van der Waals surface area (Å²) in [4.78, 5) is 20.8. The van der Waals surface area contributed by atoms with Gasteiger partial charge in [0.2, 0.25) is 11.7 Å². The number of nitrogens with one attached hydrogen (secondary N) is 3. The molecule has 1 aliphatic rings. The highest BCUT2D eigenvalue weighted by Crippen LogP contribution is 2.38. The molecule has 4 aromatic rings. The van der Waals surface area contributed by atoms with Gasteiger partial charge in [-0.1, -0.05) is 17.3 Å². The molecule has 1 saturated heterocycles. The number of nitrogens with zero attached hydrogens (tertiary/aromatic N) is 2. The Kier molecular flexibility index (Phi) is 8.19. The van der Waals surface area contributed by atoms with Crippen molar-refractivity contribution in [2.24, 2.45) is 0 Å². The second kappa shape index (κ2) is 11.5. The van der Waals surface area contributed by atoms with Gasteiger partial charge in [-0.2, -0.15) is 18.2 Å². The number of amides is 1. The molecule has 3 atom stereocenters. The van der Waals surface area contributed by atoms with Gasteiger partial charge in [0.1, 0.15) is 12.2 Å². The van der Waals surface area contributed by atoms with Gasteiger partial charge in [-0.25, -0.2) is 4.39 Å². The lowest BCUT2D eigenvalue weighted by atomic mass is 9.98. The van der Waals surface area contributed by atoms with Crippen molar-refractivity contribution in [2.75, 3.05) is 20.3 Å². The molecule has 4 heterocycles. The summed E-state index contributed by atoms with van der Waals surface area (Å²) in [5, 5.41) is 11.1. The Morgan fingerprint density at radius 2 is 2.10 bits per heavy atom. The monoisotopic (exact) mass is 595 g/mol. The van der Waals surface area contributed by atoms with Gasteiger partial charge in [0, 0.05) is 40.9 Å². The first-order valence-electron chi connectivity index (χ1n) is 12.9. The number of alkyl halides is 4.